The molecule has 1 aliphatic heterocycles. The van der Waals surface area contributed by atoms with E-state index < -0.39 is 5.56 Å². The average Bonchev–Trinajstić information content (AvgIpc) is 3.03. The number of nitrogens with zero attached hydrogens (tertiary/aromatic N) is 2. The third-order valence-electron chi connectivity index (χ3n) is 4.23. The Labute approximate surface area is 138 Å². The first-order valence-electron chi connectivity index (χ1n) is 7.90. The summed E-state index contributed by atoms with van der Waals surface area (Å²) in [5, 5.41) is 2.81. The Hall–Kier alpha value is -2.54. The van der Waals surface area contributed by atoms with Crippen molar-refractivity contribution in [1.29, 1.82) is 0 Å². The zero-order valence-electron chi connectivity index (χ0n) is 13.2. The molecule has 0 aliphatic carbocycles. The molecule has 7 heteroatoms. The number of halogens is 1. The van der Waals surface area contributed by atoms with Crippen LogP contribution in [0.5, 0.6) is 0 Å². The summed E-state index contributed by atoms with van der Waals surface area (Å²) < 4.78 is 13.6. The van der Waals surface area contributed by atoms with Gasteiger partial charge in [-0.15, -0.1) is 0 Å². The fourth-order valence-electron chi connectivity index (χ4n) is 2.93. The first-order chi connectivity index (χ1) is 11.6. The molecule has 3 heterocycles. The summed E-state index contributed by atoms with van der Waals surface area (Å²) in [6, 6.07) is 4.81. The first-order valence-corrected chi connectivity index (χ1v) is 7.90. The number of carbonyl (C=O) groups is 1. The van der Waals surface area contributed by atoms with Gasteiger partial charge < -0.3 is 10.3 Å². The number of carbonyl (C=O) groups excluding carboxylic acids is 1. The van der Waals surface area contributed by atoms with Gasteiger partial charge in [-0.05, 0) is 37.1 Å². The van der Waals surface area contributed by atoms with Crippen LogP contribution in [0.3, 0.4) is 0 Å². The highest BCUT2D eigenvalue weighted by molar-refractivity contribution is 5.93. The van der Waals surface area contributed by atoms with Gasteiger partial charge in [0.25, 0.3) is 11.5 Å². The van der Waals surface area contributed by atoms with Crippen LogP contribution in [0.15, 0.2) is 41.6 Å². The molecular formula is C17H19FN4O2. The van der Waals surface area contributed by atoms with E-state index in [0.29, 0.717) is 24.6 Å². The maximum Gasteiger partial charge on any atom is 0.260 e. The van der Waals surface area contributed by atoms with Crippen LogP contribution < -0.4 is 10.9 Å². The van der Waals surface area contributed by atoms with Crippen molar-refractivity contribution < 1.29 is 9.18 Å². The molecule has 1 amide bonds. The van der Waals surface area contributed by atoms with Gasteiger partial charge in [0.05, 0.1) is 6.20 Å². The Morgan fingerprint density at radius 2 is 2.33 bits per heavy atom. The van der Waals surface area contributed by atoms with Crippen molar-refractivity contribution in [2.45, 2.75) is 13.0 Å². The van der Waals surface area contributed by atoms with E-state index in [1.165, 1.54) is 18.5 Å². The van der Waals surface area contributed by atoms with Crippen LogP contribution in [0.25, 0.3) is 0 Å². The average molecular weight is 330 g/mol. The van der Waals surface area contributed by atoms with Gasteiger partial charge in [0.15, 0.2) is 0 Å². The molecule has 0 spiro atoms. The zero-order chi connectivity index (χ0) is 16.9. The lowest BCUT2D eigenvalue weighted by Gasteiger charge is -2.16. The van der Waals surface area contributed by atoms with E-state index in [-0.39, 0.29) is 17.3 Å². The first kappa shape index (κ1) is 16.3. The predicted octanol–water partition coefficient (Wildman–Crippen LogP) is 1.16. The van der Waals surface area contributed by atoms with Crippen LogP contribution >= 0.6 is 0 Å². The summed E-state index contributed by atoms with van der Waals surface area (Å²) in [5.74, 6) is -0.366. The number of aromatic amines is 1. The van der Waals surface area contributed by atoms with Gasteiger partial charge >= 0.3 is 0 Å². The SMILES string of the molecule is O=C(NCC1CCN(Cc2ccncc2F)C1)c1ccc[nH]c1=O. The highest BCUT2D eigenvalue weighted by Crippen LogP contribution is 2.19. The number of hydrogen-bond donors (Lipinski definition) is 2. The Morgan fingerprint density at radius 3 is 3.12 bits per heavy atom. The molecule has 1 aliphatic rings. The van der Waals surface area contributed by atoms with E-state index in [0.717, 1.165) is 19.5 Å². The molecule has 126 valence electrons. The number of pyridine rings is 2. The fraction of sp³-hybridized carbons (Fsp3) is 0.353. The third kappa shape index (κ3) is 3.86. The summed E-state index contributed by atoms with van der Waals surface area (Å²) in [7, 11) is 0. The molecular weight excluding hydrogens is 311 g/mol. The highest BCUT2D eigenvalue weighted by atomic mass is 19.1. The van der Waals surface area contributed by atoms with Crippen LogP contribution in [0, 0.1) is 11.7 Å². The quantitative estimate of drug-likeness (QED) is 0.862. The Bertz CT molecular complexity index is 777. The molecule has 1 unspecified atom stereocenters. The van der Waals surface area contributed by atoms with Gasteiger partial charge in [0.1, 0.15) is 11.4 Å². The highest BCUT2D eigenvalue weighted by Gasteiger charge is 2.24. The fourth-order valence-corrected chi connectivity index (χ4v) is 2.93. The lowest BCUT2D eigenvalue weighted by Crippen LogP contribution is -2.34. The van der Waals surface area contributed by atoms with Gasteiger partial charge in [-0.3, -0.25) is 19.5 Å². The largest absolute Gasteiger partial charge is 0.352 e. The van der Waals surface area contributed by atoms with Gasteiger partial charge in [-0.2, -0.15) is 0 Å². The molecule has 0 radical (unpaired) electrons. The van der Waals surface area contributed by atoms with E-state index in [1.807, 2.05) is 0 Å². The predicted molar refractivity (Wildman–Crippen MR) is 87.0 cm³/mol. The summed E-state index contributed by atoms with van der Waals surface area (Å²) in [6.45, 7) is 2.68. The van der Waals surface area contributed by atoms with Crippen LogP contribution in [0.2, 0.25) is 0 Å². The molecule has 24 heavy (non-hydrogen) atoms. The number of hydrogen-bond acceptors (Lipinski definition) is 4. The van der Waals surface area contributed by atoms with Gasteiger partial charge in [0, 0.05) is 37.6 Å². The Kier molecular flexibility index (Phi) is 5.00. The number of nitrogens with one attached hydrogen (secondary N) is 2. The summed E-state index contributed by atoms with van der Waals surface area (Å²) in [5.41, 5.74) is 0.355. The molecule has 2 N–H and O–H groups in total. The molecule has 1 saturated heterocycles. The number of aromatic nitrogens is 2. The second-order valence-corrected chi connectivity index (χ2v) is 5.98. The maximum absolute atomic E-state index is 13.6. The minimum atomic E-state index is -0.392. The number of likely N-dealkylation sites (tertiary alicyclic amines) is 1. The van der Waals surface area contributed by atoms with Crippen molar-refractivity contribution >= 4 is 5.91 Å². The molecule has 3 rings (SSSR count). The van der Waals surface area contributed by atoms with Gasteiger partial charge in [-0.1, -0.05) is 0 Å². The van der Waals surface area contributed by atoms with E-state index in [9.17, 15) is 14.0 Å². The van der Waals surface area contributed by atoms with Gasteiger partial charge in [-0.25, -0.2) is 4.39 Å². The molecule has 6 nitrogen and oxygen atoms in total. The zero-order valence-corrected chi connectivity index (χ0v) is 13.2. The topological polar surface area (TPSA) is 78.1 Å². The second-order valence-electron chi connectivity index (χ2n) is 5.98. The van der Waals surface area contributed by atoms with Crippen LogP contribution in [-0.4, -0.2) is 40.4 Å². The third-order valence-corrected chi connectivity index (χ3v) is 4.23. The minimum absolute atomic E-state index is 0.117. The molecule has 0 aromatic carbocycles. The maximum atomic E-state index is 13.6. The monoisotopic (exact) mass is 330 g/mol. The summed E-state index contributed by atoms with van der Waals surface area (Å²) in [4.78, 5) is 32.0. The minimum Gasteiger partial charge on any atom is -0.352 e. The molecule has 0 saturated carbocycles. The molecule has 1 fully saturated rings. The van der Waals surface area contributed by atoms with Crippen LogP contribution in [0.4, 0.5) is 4.39 Å². The number of rotatable bonds is 5. The molecule has 2 aromatic rings. The van der Waals surface area contributed by atoms with E-state index in [2.05, 4.69) is 20.2 Å². The normalized spacial score (nSPS) is 17.8. The lowest BCUT2D eigenvalue weighted by atomic mass is 10.1. The van der Waals surface area contributed by atoms with E-state index >= 15 is 0 Å². The van der Waals surface area contributed by atoms with Gasteiger partial charge in [0.2, 0.25) is 0 Å². The van der Waals surface area contributed by atoms with E-state index in [1.54, 1.807) is 18.3 Å². The second kappa shape index (κ2) is 7.35. The smallest absolute Gasteiger partial charge is 0.260 e. The molecule has 0 bridgehead atoms. The van der Waals surface area contributed by atoms with Crippen molar-refractivity contribution in [3.8, 4) is 0 Å². The summed E-state index contributed by atoms with van der Waals surface area (Å²) >= 11 is 0. The number of amides is 1. The molecule has 2 aromatic heterocycles. The van der Waals surface area contributed by atoms with Crippen molar-refractivity contribution in [3.63, 3.8) is 0 Å². The van der Waals surface area contributed by atoms with Crippen molar-refractivity contribution in [3.05, 3.63) is 64.1 Å². The van der Waals surface area contributed by atoms with Crippen molar-refractivity contribution in [1.82, 2.24) is 20.2 Å². The van der Waals surface area contributed by atoms with Crippen molar-refractivity contribution in [2.75, 3.05) is 19.6 Å². The lowest BCUT2D eigenvalue weighted by molar-refractivity contribution is 0.0945. The number of H-pyrrole nitrogens is 1. The Balaban J connectivity index is 1.50. The summed E-state index contributed by atoms with van der Waals surface area (Å²) in [6.07, 6.45) is 5.23. The van der Waals surface area contributed by atoms with E-state index in [4.69, 9.17) is 0 Å². The Morgan fingerprint density at radius 1 is 1.46 bits per heavy atom. The van der Waals surface area contributed by atoms with Crippen LogP contribution in [-0.2, 0) is 6.54 Å². The van der Waals surface area contributed by atoms with Crippen LogP contribution in [0.1, 0.15) is 22.3 Å². The standard InChI is InChI=1S/C17H19FN4O2/c18-15-9-19-6-3-13(15)11-22-7-4-12(10-22)8-21-17(24)14-2-1-5-20-16(14)23/h1-3,5-6,9,12H,4,7-8,10-11H2,(H,20,23)(H,21,24). The van der Waals surface area contributed by atoms with Crippen molar-refractivity contribution in [2.24, 2.45) is 5.92 Å². The molecule has 1 atom stereocenters.